The van der Waals surface area contributed by atoms with Gasteiger partial charge in [0.05, 0.1) is 28.1 Å². The molecular weight excluding hydrogens is 605 g/mol. The second kappa shape index (κ2) is 16.9. The van der Waals surface area contributed by atoms with Gasteiger partial charge in [-0.25, -0.2) is 0 Å². The lowest BCUT2D eigenvalue weighted by atomic mass is 10.3. The van der Waals surface area contributed by atoms with Crippen molar-refractivity contribution in [1.82, 2.24) is 0 Å². The Bertz CT molecular complexity index is 1710. The number of ether oxygens (including phenoxy) is 2. The molecule has 228 valence electrons. The van der Waals surface area contributed by atoms with Gasteiger partial charge in [-0.2, -0.15) is 0 Å². The average Bonchev–Trinajstić information content (AvgIpc) is 3.11. The maximum Gasteiger partial charge on any atom is 0.308 e. The van der Waals surface area contributed by atoms with Crippen molar-refractivity contribution in [3.05, 3.63) is 182 Å². The lowest BCUT2D eigenvalue weighted by Gasteiger charge is -2.08. The largest absolute Gasteiger partial charge is 0.465 e. The van der Waals surface area contributed by atoms with Gasteiger partial charge in [-0.3, -0.25) is 4.79 Å². The molecule has 0 amide bonds. The number of carbonyl (C=O) groups excluding carboxylic acids is 1. The molecule has 0 spiro atoms. The van der Waals surface area contributed by atoms with Gasteiger partial charge in [0.1, 0.15) is 11.5 Å². The van der Waals surface area contributed by atoms with Crippen molar-refractivity contribution in [2.45, 2.75) is 43.2 Å². The van der Waals surface area contributed by atoms with Crippen LogP contribution in [0.15, 0.2) is 212 Å². The lowest BCUT2D eigenvalue weighted by Crippen LogP contribution is -2.05. The molecule has 0 aliphatic heterocycles. The number of hydrogen-bond donors (Lipinski definition) is 0. The molecule has 0 aliphatic carbocycles. The van der Waals surface area contributed by atoms with Crippen molar-refractivity contribution in [2.75, 3.05) is 0 Å². The molecule has 5 heteroatoms. The zero-order valence-electron chi connectivity index (χ0n) is 25.9. The van der Waals surface area contributed by atoms with Gasteiger partial charge in [-0.05, 0) is 104 Å². The zero-order valence-corrected chi connectivity index (χ0v) is 27.5. The van der Waals surface area contributed by atoms with Crippen LogP contribution in [0.25, 0.3) is 0 Å². The van der Waals surface area contributed by atoms with Gasteiger partial charge < -0.3 is 9.47 Å². The van der Waals surface area contributed by atoms with E-state index in [9.17, 15) is 4.79 Å². The monoisotopic (exact) mass is 640 g/mol. The lowest BCUT2D eigenvalue weighted by molar-refractivity contribution is -0.131. The van der Waals surface area contributed by atoms with Crippen molar-refractivity contribution in [1.29, 1.82) is 0 Å². The Morgan fingerprint density at radius 2 is 0.761 bits per heavy atom. The summed E-state index contributed by atoms with van der Waals surface area (Å²) in [5, 5.41) is 0. The van der Waals surface area contributed by atoms with E-state index in [1.165, 1.54) is 36.3 Å². The molecule has 0 fully saturated rings. The molecule has 0 bridgehead atoms. The molecule has 0 aliphatic rings. The van der Waals surface area contributed by atoms with Gasteiger partial charge in [0.15, 0.2) is 29.4 Å². The molecule has 3 nitrogen and oxygen atoms in total. The van der Waals surface area contributed by atoms with E-state index in [2.05, 4.69) is 121 Å². The summed E-state index contributed by atoms with van der Waals surface area (Å²) >= 11 is 0. The highest BCUT2D eigenvalue weighted by molar-refractivity contribution is 7.97. The number of esters is 1. The van der Waals surface area contributed by atoms with Gasteiger partial charge in [0, 0.05) is 6.92 Å². The third-order valence-corrected chi connectivity index (χ3v) is 11.1. The third-order valence-electron chi connectivity index (χ3n) is 6.64. The molecular formula is C41H36O3S2+2. The molecule has 0 saturated heterocycles. The standard InChI is InChI=1S/C21H19OS.C20H17O2S/c1-2-17-22-18-13-15-21(16-14-18)23(19-9-5-3-6-10-19)20-11-7-4-8-12-20;1-16(21)22-17-12-14-20(15-13-17)23(18-8-4-2-5-9-18)19-10-6-3-7-11-19/h2-17H,1H3;2-15H,1H3/q2*+1/b17-2+;. The fourth-order valence-corrected chi connectivity index (χ4v) is 8.82. The summed E-state index contributed by atoms with van der Waals surface area (Å²) in [5.41, 5.74) is 0. The first-order valence-electron chi connectivity index (χ1n) is 15.0. The molecule has 0 N–H and O–H groups in total. The topological polar surface area (TPSA) is 35.5 Å². The van der Waals surface area contributed by atoms with E-state index in [1.807, 2.05) is 61.5 Å². The molecule has 0 atom stereocenters. The molecule has 0 aromatic heterocycles. The van der Waals surface area contributed by atoms with E-state index in [1.54, 1.807) is 6.26 Å². The molecule has 0 saturated carbocycles. The van der Waals surface area contributed by atoms with Crippen LogP contribution in [0.4, 0.5) is 0 Å². The highest BCUT2D eigenvalue weighted by atomic mass is 32.2. The van der Waals surface area contributed by atoms with Crippen LogP contribution in [0.1, 0.15) is 13.8 Å². The van der Waals surface area contributed by atoms with Crippen LogP contribution in [0.2, 0.25) is 0 Å². The summed E-state index contributed by atoms with van der Waals surface area (Å²) in [5.74, 6) is 1.13. The summed E-state index contributed by atoms with van der Waals surface area (Å²) in [6.07, 6.45) is 3.58. The minimum absolute atomic E-state index is 0.102. The second-order valence-electron chi connectivity index (χ2n) is 9.99. The Balaban J connectivity index is 0.000000181. The molecule has 6 rings (SSSR count). The van der Waals surface area contributed by atoms with Crippen molar-refractivity contribution in [2.24, 2.45) is 0 Å². The summed E-state index contributed by atoms with van der Waals surface area (Å²) < 4.78 is 10.6. The predicted molar refractivity (Wildman–Crippen MR) is 190 cm³/mol. The molecule has 0 unspecified atom stereocenters. The highest BCUT2D eigenvalue weighted by Gasteiger charge is 2.29. The van der Waals surface area contributed by atoms with Gasteiger partial charge >= 0.3 is 5.97 Å². The van der Waals surface area contributed by atoms with Crippen LogP contribution < -0.4 is 9.47 Å². The van der Waals surface area contributed by atoms with Crippen LogP contribution in [0, 0.1) is 0 Å². The fourth-order valence-electron chi connectivity index (χ4n) is 4.65. The molecule has 6 aromatic carbocycles. The predicted octanol–water partition coefficient (Wildman–Crippen LogP) is 10.4. The van der Waals surface area contributed by atoms with Gasteiger partial charge in [-0.1, -0.05) is 78.9 Å². The number of allylic oxidation sites excluding steroid dienone is 1. The van der Waals surface area contributed by atoms with E-state index in [4.69, 9.17) is 9.47 Å². The molecule has 46 heavy (non-hydrogen) atoms. The maximum atomic E-state index is 11.1. The molecule has 0 radical (unpaired) electrons. The van der Waals surface area contributed by atoms with Crippen LogP contribution >= 0.6 is 0 Å². The van der Waals surface area contributed by atoms with Crippen LogP contribution in [-0.2, 0) is 26.6 Å². The summed E-state index contributed by atoms with van der Waals surface area (Å²) in [7, 11) is -0.278. The minimum Gasteiger partial charge on any atom is -0.465 e. The fraction of sp³-hybridized carbons (Fsp3) is 0.0488. The first-order chi connectivity index (χ1) is 22.6. The second-order valence-corrected chi connectivity index (χ2v) is 14.0. The van der Waals surface area contributed by atoms with E-state index < -0.39 is 0 Å². The molecule has 0 heterocycles. The quantitative estimate of drug-likeness (QED) is 0.0683. The van der Waals surface area contributed by atoms with Crippen molar-refractivity contribution >= 4 is 27.8 Å². The smallest absolute Gasteiger partial charge is 0.308 e. The van der Waals surface area contributed by atoms with E-state index in [-0.39, 0.29) is 27.8 Å². The van der Waals surface area contributed by atoms with Crippen LogP contribution in [0.5, 0.6) is 11.5 Å². The summed E-state index contributed by atoms with van der Waals surface area (Å²) in [6, 6.07) is 58.3. The van der Waals surface area contributed by atoms with E-state index >= 15 is 0 Å². The minimum atomic E-state index is -0.303. The summed E-state index contributed by atoms with van der Waals surface area (Å²) in [4.78, 5) is 18.7. The van der Waals surface area contributed by atoms with Crippen molar-refractivity contribution in [3.8, 4) is 11.5 Å². The third kappa shape index (κ3) is 9.04. The first-order valence-corrected chi connectivity index (χ1v) is 17.4. The Morgan fingerprint density at radius 3 is 1.07 bits per heavy atom. The maximum absolute atomic E-state index is 11.1. The van der Waals surface area contributed by atoms with Crippen molar-refractivity contribution < 1.29 is 14.3 Å². The summed E-state index contributed by atoms with van der Waals surface area (Å²) in [6.45, 7) is 3.35. The SMILES string of the molecule is C/C=C/Oc1ccc([S+](c2ccccc2)c2ccccc2)cc1.CC(=O)Oc1ccc([S+](c2ccccc2)c2ccccc2)cc1. The van der Waals surface area contributed by atoms with Crippen LogP contribution in [0.3, 0.4) is 0 Å². The van der Waals surface area contributed by atoms with E-state index in [0.29, 0.717) is 5.75 Å². The van der Waals surface area contributed by atoms with Crippen molar-refractivity contribution in [3.63, 3.8) is 0 Å². The number of rotatable bonds is 9. The Kier molecular flexibility index (Phi) is 11.9. The molecule has 6 aromatic rings. The number of carbonyl (C=O) groups is 1. The Labute approximate surface area is 277 Å². The van der Waals surface area contributed by atoms with Gasteiger partial charge in [0.2, 0.25) is 0 Å². The zero-order chi connectivity index (χ0) is 32.0. The highest BCUT2D eigenvalue weighted by Crippen LogP contribution is 2.33. The van der Waals surface area contributed by atoms with Crippen LogP contribution in [-0.4, -0.2) is 5.97 Å². The number of benzene rings is 6. The van der Waals surface area contributed by atoms with Gasteiger partial charge in [-0.15, -0.1) is 0 Å². The Hall–Kier alpha value is -4.97. The Morgan fingerprint density at radius 1 is 0.457 bits per heavy atom. The normalized spacial score (nSPS) is 10.8. The van der Waals surface area contributed by atoms with E-state index in [0.717, 1.165) is 5.75 Å². The first kappa shape index (κ1) is 32.4. The van der Waals surface area contributed by atoms with Gasteiger partial charge in [0.25, 0.3) is 0 Å². The average molecular weight is 641 g/mol. The number of hydrogen-bond acceptors (Lipinski definition) is 3.